The highest BCUT2D eigenvalue weighted by molar-refractivity contribution is 5.94. The average Bonchev–Trinajstić information content (AvgIpc) is 2.81. The van der Waals surface area contributed by atoms with E-state index in [0.29, 0.717) is 17.4 Å². The molecule has 1 saturated carbocycles. The summed E-state index contributed by atoms with van der Waals surface area (Å²) in [6, 6.07) is 12.8. The molecular formula is C30H41N3O4. The Balaban J connectivity index is 1.75. The van der Waals surface area contributed by atoms with Crippen molar-refractivity contribution >= 4 is 23.6 Å². The van der Waals surface area contributed by atoms with Crippen molar-refractivity contribution in [1.82, 2.24) is 10.6 Å². The number of hydrogen-bond donors (Lipinski definition) is 4. The van der Waals surface area contributed by atoms with Gasteiger partial charge in [0.05, 0.1) is 12.5 Å². The molecule has 0 bridgehead atoms. The average molecular weight is 508 g/mol. The first kappa shape index (κ1) is 28.2. The lowest BCUT2D eigenvalue weighted by Gasteiger charge is -2.39. The molecule has 0 radical (unpaired) electrons. The Hall–Kier alpha value is -3.35. The molecule has 3 rings (SSSR count). The van der Waals surface area contributed by atoms with Crippen molar-refractivity contribution in [2.24, 2.45) is 17.3 Å². The van der Waals surface area contributed by atoms with Crippen LogP contribution in [0, 0.1) is 31.1 Å². The number of aliphatic carboxylic acids is 1. The van der Waals surface area contributed by atoms with Gasteiger partial charge in [-0.2, -0.15) is 0 Å². The Morgan fingerprint density at radius 1 is 0.946 bits per heavy atom. The number of carboxylic acid groups (broad SMARTS) is 1. The van der Waals surface area contributed by atoms with Crippen molar-refractivity contribution in [3.05, 3.63) is 64.7 Å². The van der Waals surface area contributed by atoms with Gasteiger partial charge in [-0.3, -0.25) is 9.59 Å². The van der Waals surface area contributed by atoms with Crippen molar-refractivity contribution in [2.45, 2.75) is 72.8 Å². The highest BCUT2D eigenvalue weighted by Gasteiger charge is 2.34. The summed E-state index contributed by atoms with van der Waals surface area (Å²) < 4.78 is 0. The summed E-state index contributed by atoms with van der Waals surface area (Å²) >= 11 is 0. The molecule has 2 aromatic rings. The van der Waals surface area contributed by atoms with Gasteiger partial charge in [-0.15, -0.1) is 0 Å². The van der Waals surface area contributed by atoms with E-state index in [2.05, 4.69) is 42.8 Å². The van der Waals surface area contributed by atoms with E-state index in [4.69, 9.17) is 5.11 Å². The number of aryl methyl sites for hydroxylation is 2. The van der Waals surface area contributed by atoms with E-state index in [1.54, 1.807) is 12.1 Å². The molecule has 7 nitrogen and oxygen atoms in total. The summed E-state index contributed by atoms with van der Waals surface area (Å²) in [7, 11) is 0. The summed E-state index contributed by atoms with van der Waals surface area (Å²) in [5.74, 6) is -0.315. The summed E-state index contributed by atoms with van der Waals surface area (Å²) in [6.07, 6.45) is 4.16. The van der Waals surface area contributed by atoms with Crippen LogP contribution in [0.1, 0.15) is 86.0 Å². The molecule has 4 N–H and O–H groups in total. The molecule has 7 heteroatoms. The monoisotopic (exact) mass is 507 g/mol. The Morgan fingerprint density at radius 3 is 2.08 bits per heavy atom. The second kappa shape index (κ2) is 12.3. The molecule has 1 aliphatic carbocycles. The molecule has 1 unspecified atom stereocenters. The molecule has 0 saturated heterocycles. The number of carbonyl (C=O) groups excluding carboxylic acids is 2. The Labute approximate surface area is 220 Å². The van der Waals surface area contributed by atoms with Gasteiger partial charge in [0.2, 0.25) is 0 Å². The summed E-state index contributed by atoms with van der Waals surface area (Å²) in [4.78, 5) is 36.2. The fraction of sp³-hybridized carbons (Fsp3) is 0.500. The third kappa shape index (κ3) is 8.34. The second-order valence-electron chi connectivity index (χ2n) is 11.5. The maximum atomic E-state index is 13.1. The lowest BCUT2D eigenvalue weighted by Crippen LogP contribution is -2.38. The van der Waals surface area contributed by atoms with Crippen LogP contribution >= 0.6 is 0 Å². The molecule has 1 atom stereocenters. The Bertz CT molecular complexity index is 1080. The normalized spacial score (nSPS) is 18.5. The van der Waals surface area contributed by atoms with Crippen molar-refractivity contribution < 1.29 is 19.5 Å². The van der Waals surface area contributed by atoms with Crippen LogP contribution in [0.3, 0.4) is 0 Å². The van der Waals surface area contributed by atoms with E-state index >= 15 is 0 Å². The number of urea groups is 1. The molecule has 0 aromatic heterocycles. The van der Waals surface area contributed by atoms with E-state index in [0.717, 1.165) is 48.1 Å². The Kier molecular flexibility index (Phi) is 9.35. The van der Waals surface area contributed by atoms with E-state index in [-0.39, 0.29) is 36.4 Å². The third-order valence-electron chi connectivity index (χ3n) is 7.39. The van der Waals surface area contributed by atoms with Gasteiger partial charge in [0.1, 0.15) is 0 Å². The number of carbonyl (C=O) groups is 3. The minimum Gasteiger partial charge on any atom is -0.481 e. The highest BCUT2D eigenvalue weighted by Crippen LogP contribution is 2.43. The topological polar surface area (TPSA) is 108 Å². The molecule has 0 spiro atoms. The number of benzene rings is 2. The number of carboxylic acids is 1. The van der Waals surface area contributed by atoms with E-state index in [9.17, 15) is 14.4 Å². The van der Waals surface area contributed by atoms with Crippen LogP contribution in [0.25, 0.3) is 0 Å². The summed E-state index contributed by atoms with van der Waals surface area (Å²) in [5.41, 5.74) is 4.62. The molecule has 37 heavy (non-hydrogen) atoms. The van der Waals surface area contributed by atoms with E-state index in [1.807, 2.05) is 38.1 Å². The molecule has 200 valence electrons. The molecule has 1 fully saturated rings. The van der Waals surface area contributed by atoms with Gasteiger partial charge in [-0.1, -0.05) is 39.0 Å². The van der Waals surface area contributed by atoms with Gasteiger partial charge in [0.15, 0.2) is 0 Å². The number of hydrogen-bond acceptors (Lipinski definition) is 3. The van der Waals surface area contributed by atoms with Crippen molar-refractivity contribution in [3.63, 3.8) is 0 Å². The highest BCUT2D eigenvalue weighted by atomic mass is 16.4. The van der Waals surface area contributed by atoms with Crippen LogP contribution < -0.4 is 16.0 Å². The zero-order chi connectivity index (χ0) is 27.2. The van der Waals surface area contributed by atoms with Crippen LogP contribution in [0.5, 0.6) is 0 Å². The minimum absolute atomic E-state index is 0.0791. The molecule has 0 aliphatic heterocycles. The van der Waals surface area contributed by atoms with Crippen LogP contribution in [-0.2, 0) is 4.79 Å². The maximum Gasteiger partial charge on any atom is 0.319 e. The van der Waals surface area contributed by atoms with Gasteiger partial charge in [-0.05, 0) is 97.7 Å². The standard InChI is InChI=1S/C30H41N3O4/c1-19-16-20(2)18-25(17-19)32-29(37)33-27(22-10-12-24(13-11-22)30(3,4)5)21-6-8-23(9-7-21)28(36)31-15-14-26(34)35/h6-9,16-18,22,24,27H,10-15H2,1-5H3,(H,31,36)(H,34,35)(H2,32,33,37). The summed E-state index contributed by atoms with van der Waals surface area (Å²) in [6.45, 7) is 11.0. The molecule has 2 aromatic carbocycles. The molecule has 1 aliphatic rings. The van der Waals surface area contributed by atoms with Gasteiger partial charge >= 0.3 is 12.0 Å². The molecular weight excluding hydrogens is 466 g/mol. The smallest absolute Gasteiger partial charge is 0.319 e. The van der Waals surface area contributed by atoms with Gasteiger partial charge in [0, 0.05) is 17.8 Å². The fourth-order valence-electron chi connectivity index (χ4n) is 5.37. The SMILES string of the molecule is Cc1cc(C)cc(NC(=O)NC(c2ccc(C(=O)NCCC(=O)O)cc2)C2CCC(C(C)(C)C)CC2)c1. The first-order chi connectivity index (χ1) is 17.4. The van der Waals surface area contributed by atoms with Crippen LogP contribution in [0.15, 0.2) is 42.5 Å². The minimum atomic E-state index is -0.954. The number of anilines is 1. The third-order valence-corrected chi connectivity index (χ3v) is 7.39. The number of nitrogens with one attached hydrogen (secondary N) is 3. The van der Waals surface area contributed by atoms with Gasteiger partial charge in [0.25, 0.3) is 5.91 Å². The van der Waals surface area contributed by atoms with Crippen molar-refractivity contribution in [2.75, 3.05) is 11.9 Å². The number of rotatable bonds is 8. The number of amides is 3. The largest absolute Gasteiger partial charge is 0.481 e. The lowest BCUT2D eigenvalue weighted by atomic mass is 9.68. The Morgan fingerprint density at radius 2 is 1.54 bits per heavy atom. The summed E-state index contributed by atoms with van der Waals surface area (Å²) in [5, 5.41) is 17.6. The first-order valence-electron chi connectivity index (χ1n) is 13.2. The van der Waals surface area contributed by atoms with E-state index < -0.39 is 5.97 Å². The first-order valence-corrected chi connectivity index (χ1v) is 13.2. The second-order valence-corrected chi connectivity index (χ2v) is 11.5. The molecule has 0 heterocycles. The zero-order valence-corrected chi connectivity index (χ0v) is 22.7. The predicted molar refractivity (Wildman–Crippen MR) is 147 cm³/mol. The quantitative estimate of drug-likeness (QED) is 0.340. The van der Waals surface area contributed by atoms with Gasteiger partial charge in [-0.25, -0.2) is 4.79 Å². The van der Waals surface area contributed by atoms with Crippen LogP contribution in [-0.4, -0.2) is 29.6 Å². The van der Waals surface area contributed by atoms with E-state index in [1.165, 1.54) is 0 Å². The lowest BCUT2D eigenvalue weighted by molar-refractivity contribution is -0.136. The van der Waals surface area contributed by atoms with Crippen LogP contribution in [0.4, 0.5) is 10.5 Å². The fourth-order valence-corrected chi connectivity index (χ4v) is 5.37. The predicted octanol–water partition coefficient (Wildman–Crippen LogP) is 6.22. The van der Waals surface area contributed by atoms with Crippen LogP contribution in [0.2, 0.25) is 0 Å². The van der Waals surface area contributed by atoms with Crippen molar-refractivity contribution in [1.29, 1.82) is 0 Å². The van der Waals surface area contributed by atoms with Gasteiger partial charge < -0.3 is 21.1 Å². The maximum absolute atomic E-state index is 13.1. The zero-order valence-electron chi connectivity index (χ0n) is 22.7. The molecule has 3 amide bonds. The van der Waals surface area contributed by atoms with Crippen molar-refractivity contribution in [3.8, 4) is 0 Å².